The fourth-order valence-corrected chi connectivity index (χ4v) is 2.56. The van der Waals surface area contributed by atoms with E-state index in [1.165, 1.54) is 5.56 Å². The van der Waals surface area contributed by atoms with Crippen LogP contribution in [0.4, 0.5) is 0 Å². The summed E-state index contributed by atoms with van der Waals surface area (Å²) in [4.78, 5) is 2.32. The van der Waals surface area contributed by atoms with E-state index in [1.54, 1.807) is 0 Å². The van der Waals surface area contributed by atoms with Crippen molar-refractivity contribution in [2.24, 2.45) is 0 Å². The van der Waals surface area contributed by atoms with E-state index in [1.807, 2.05) is 6.20 Å². The Balaban J connectivity index is 2.26. The maximum Gasteiger partial charge on any atom is 0.0781 e. The topological polar surface area (TPSA) is 44.9 Å². The molecule has 0 atom stereocenters. The molecule has 0 aliphatic carbocycles. The molecule has 18 heavy (non-hydrogen) atoms. The predicted molar refractivity (Wildman–Crippen MR) is 71.3 cm³/mol. The van der Waals surface area contributed by atoms with E-state index in [2.05, 4.69) is 47.8 Å². The van der Waals surface area contributed by atoms with Gasteiger partial charge in [0.1, 0.15) is 0 Å². The number of likely N-dealkylation sites (tertiary alicyclic amines) is 1. The molecule has 0 aromatic carbocycles. The van der Waals surface area contributed by atoms with Crippen molar-refractivity contribution >= 4 is 0 Å². The lowest BCUT2D eigenvalue weighted by atomic mass is 9.85. The number of aromatic nitrogens is 2. The summed E-state index contributed by atoms with van der Waals surface area (Å²) in [6.45, 7) is 6.43. The largest absolute Gasteiger partial charge is 0.306 e. The predicted octanol–water partition coefficient (Wildman–Crippen LogP) is 2.34. The maximum atomic E-state index is 9.12. The Morgan fingerprint density at radius 2 is 2.11 bits per heavy atom. The van der Waals surface area contributed by atoms with Crippen LogP contribution in [-0.4, -0.2) is 34.8 Å². The SMILES string of the molecule is CC(C)c1cnn(C2(CC#N)CCN(C)CC2)c1. The second-order valence-corrected chi connectivity index (χ2v) is 5.74. The van der Waals surface area contributed by atoms with Gasteiger partial charge in [-0.25, -0.2) is 0 Å². The van der Waals surface area contributed by atoms with Crippen LogP contribution in [0.3, 0.4) is 0 Å². The van der Waals surface area contributed by atoms with Gasteiger partial charge in [-0.2, -0.15) is 10.4 Å². The molecule has 0 saturated carbocycles. The highest BCUT2D eigenvalue weighted by Crippen LogP contribution is 2.33. The Morgan fingerprint density at radius 3 is 2.61 bits per heavy atom. The lowest BCUT2D eigenvalue weighted by molar-refractivity contribution is 0.119. The van der Waals surface area contributed by atoms with Gasteiger partial charge in [0.2, 0.25) is 0 Å². The second-order valence-electron chi connectivity index (χ2n) is 5.74. The van der Waals surface area contributed by atoms with Crippen molar-refractivity contribution < 1.29 is 0 Å². The number of rotatable bonds is 3. The minimum atomic E-state index is -0.0889. The molecule has 4 nitrogen and oxygen atoms in total. The highest BCUT2D eigenvalue weighted by molar-refractivity contribution is 5.11. The van der Waals surface area contributed by atoms with E-state index in [4.69, 9.17) is 5.26 Å². The van der Waals surface area contributed by atoms with Gasteiger partial charge in [-0.15, -0.1) is 0 Å². The summed E-state index contributed by atoms with van der Waals surface area (Å²) in [6, 6.07) is 2.35. The van der Waals surface area contributed by atoms with Crippen LogP contribution < -0.4 is 0 Å². The van der Waals surface area contributed by atoms with E-state index in [0.29, 0.717) is 12.3 Å². The average Bonchev–Trinajstić information content (AvgIpc) is 2.83. The monoisotopic (exact) mass is 246 g/mol. The summed E-state index contributed by atoms with van der Waals surface area (Å²) in [5.41, 5.74) is 1.17. The molecule has 4 heteroatoms. The zero-order valence-electron chi connectivity index (χ0n) is 11.6. The van der Waals surface area contributed by atoms with Crippen molar-refractivity contribution in [3.8, 4) is 6.07 Å². The van der Waals surface area contributed by atoms with Crippen molar-refractivity contribution in [1.29, 1.82) is 5.26 Å². The zero-order chi connectivity index (χ0) is 13.2. The lowest BCUT2D eigenvalue weighted by Crippen LogP contribution is -2.45. The molecule has 1 aliphatic heterocycles. The van der Waals surface area contributed by atoms with Crippen molar-refractivity contribution in [3.63, 3.8) is 0 Å². The van der Waals surface area contributed by atoms with E-state index in [-0.39, 0.29) is 5.54 Å². The molecule has 0 radical (unpaired) electrons. The lowest BCUT2D eigenvalue weighted by Gasteiger charge is -2.39. The van der Waals surface area contributed by atoms with Gasteiger partial charge in [0.05, 0.1) is 24.2 Å². The Hall–Kier alpha value is -1.34. The Morgan fingerprint density at radius 1 is 1.44 bits per heavy atom. The molecule has 0 spiro atoms. The van der Waals surface area contributed by atoms with Crippen molar-refractivity contribution in [2.75, 3.05) is 20.1 Å². The van der Waals surface area contributed by atoms with Crippen LogP contribution in [0.25, 0.3) is 0 Å². The molecule has 1 saturated heterocycles. The first-order chi connectivity index (χ1) is 8.57. The van der Waals surface area contributed by atoms with Crippen molar-refractivity contribution in [3.05, 3.63) is 18.0 Å². The van der Waals surface area contributed by atoms with Gasteiger partial charge in [-0.05, 0) is 31.4 Å². The standard InChI is InChI=1S/C14H22N4/c1-12(2)13-10-16-18(11-13)14(4-7-15)5-8-17(3)9-6-14/h10-12H,4-6,8-9H2,1-3H3. The van der Waals surface area contributed by atoms with Crippen LogP contribution in [0.5, 0.6) is 0 Å². The van der Waals surface area contributed by atoms with Gasteiger partial charge in [0, 0.05) is 19.3 Å². The highest BCUT2D eigenvalue weighted by Gasteiger charge is 2.36. The molecule has 1 aliphatic rings. The summed E-state index contributed by atoms with van der Waals surface area (Å²) in [7, 11) is 2.14. The zero-order valence-corrected chi connectivity index (χ0v) is 11.6. The van der Waals surface area contributed by atoms with Gasteiger partial charge in [-0.1, -0.05) is 13.8 Å². The van der Waals surface area contributed by atoms with Gasteiger partial charge in [-0.3, -0.25) is 4.68 Å². The van der Waals surface area contributed by atoms with Gasteiger partial charge < -0.3 is 4.90 Å². The third kappa shape index (κ3) is 2.41. The molecule has 2 heterocycles. The smallest absolute Gasteiger partial charge is 0.0781 e. The van der Waals surface area contributed by atoms with Crippen LogP contribution >= 0.6 is 0 Å². The average molecular weight is 246 g/mol. The number of nitrogens with zero attached hydrogens (tertiary/aromatic N) is 4. The third-order valence-electron chi connectivity index (χ3n) is 4.08. The summed E-state index contributed by atoms with van der Waals surface area (Å²) >= 11 is 0. The Bertz CT molecular complexity index is 433. The highest BCUT2D eigenvalue weighted by atomic mass is 15.3. The molecule has 0 N–H and O–H groups in total. The normalized spacial score (nSPS) is 19.9. The summed E-state index contributed by atoms with van der Waals surface area (Å²) < 4.78 is 2.05. The first-order valence-corrected chi connectivity index (χ1v) is 6.68. The van der Waals surface area contributed by atoms with Crippen LogP contribution in [0.15, 0.2) is 12.4 Å². The van der Waals surface area contributed by atoms with E-state index >= 15 is 0 Å². The molecule has 1 aromatic rings. The number of hydrogen-bond donors (Lipinski definition) is 0. The maximum absolute atomic E-state index is 9.12. The second kappa shape index (κ2) is 5.11. The van der Waals surface area contributed by atoms with Crippen LogP contribution in [-0.2, 0) is 5.54 Å². The van der Waals surface area contributed by atoms with Crippen molar-refractivity contribution in [1.82, 2.24) is 14.7 Å². The van der Waals surface area contributed by atoms with E-state index < -0.39 is 0 Å². The fraction of sp³-hybridized carbons (Fsp3) is 0.714. The van der Waals surface area contributed by atoms with E-state index in [9.17, 15) is 0 Å². The molecular formula is C14H22N4. The quantitative estimate of drug-likeness (QED) is 0.822. The van der Waals surface area contributed by atoms with Gasteiger partial charge in [0.25, 0.3) is 0 Å². The molecule has 1 aromatic heterocycles. The summed E-state index contributed by atoms with van der Waals surface area (Å²) in [5.74, 6) is 0.490. The molecule has 1 fully saturated rings. The third-order valence-corrected chi connectivity index (χ3v) is 4.08. The van der Waals surface area contributed by atoms with Crippen LogP contribution in [0.2, 0.25) is 0 Å². The molecule has 2 rings (SSSR count). The minimum absolute atomic E-state index is 0.0889. The van der Waals surface area contributed by atoms with Gasteiger partial charge >= 0.3 is 0 Å². The first kappa shape index (κ1) is 13.1. The molecule has 0 amide bonds. The summed E-state index contributed by atoms with van der Waals surface area (Å²) in [5, 5.41) is 13.6. The van der Waals surface area contributed by atoms with E-state index in [0.717, 1.165) is 25.9 Å². The van der Waals surface area contributed by atoms with Crippen LogP contribution in [0.1, 0.15) is 44.6 Å². The number of hydrogen-bond acceptors (Lipinski definition) is 3. The van der Waals surface area contributed by atoms with Crippen molar-refractivity contribution in [2.45, 2.75) is 44.6 Å². The Kier molecular flexibility index (Phi) is 3.72. The molecule has 0 unspecified atom stereocenters. The molecule has 0 bridgehead atoms. The number of piperidine rings is 1. The molecular weight excluding hydrogens is 224 g/mol. The first-order valence-electron chi connectivity index (χ1n) is 6.68. The van der Waals surface area contributed by atoms with Crippen LogP contribution in [0, 0.1) is 11.3 Å². The Labute approximate surface area is 109 Å². The summed E-state index contributed by atoms with van der Waals surface area (Å²) in [6.07, 6.45) is 6.65. The molecule has 98 valence electrons. The fourth-order valence-electron chi connectivity index (χ4n) is 2.56. The van der Waals surface area contributed by atoms with Gasteiger partial charge in [0.15, 0.2) is 0 Å². The number of nitriles is 1. The minimum Gasteiger partial charge on any atom is -0.306 e.